The molecule has 0 aliphatic heterocycles. The SMILES string of the molecule is CCC(C)CC(C)NC1CC(C)CC(C)C1. The largest absolute Gasteiger partial charge is 0.311 e. The fourth-order valence-corrected chi connectivity index (χ4v) is 3.32. The third-order valence-corrected chi connectivity index (χ3v) is 4.15. The van der Waals surface area contributed by atoms with Crippen molar-refractivity contribution in [1.82, 2.24) is 5.32 Å². The Morgan fingerprint density at radius 1 is 1.06 bits per heavy atom. The topological polar surface area (TPSA) is 12.0 Å². The van der Waals surface area contributed by atoms with Gasteiger partial charge in [-0.1, -0.05) is 34.1 Å². The molecule has 1 rings (SSSR count). The van der Waals surface area contributed by atoms with Gasteiger partial charge in [-0.05, 0) is 50.4 Å². The molecule has 96 valence electrons. The molecule has 0 aromatic rings. The first-order valence-electron chi connectivity index (χ1n) is 7.27. The van der Waals surface area contributed by atoms with Gasteiger partial charge in [0.05, 0.1) is 0 Å². The van der Waals surface area contributed by atoms with Gasteiger partial charge >= 0.3 is 0 Å². The van der Waals surface area contributed by atoms with Gasteiger partial charge in [0.15, 0.2) is 0 Å². The van der Waals surface area contributed by atoms with Crippen LogP contribution >= 0.6 is 0 Å². The first-order chi connectivity index (χ1) is 7.51. The summed E-state index contributed by atoms with van der Waals surface area (Å²) in [6, 6.07) is 1.47. The summed E-state index contributed by atoms with van der Waals surface area (Å²) in [6.07, 6.45) is 6.83. The molecule has 0 amide bonds. The molecule has 0 saturated heterocycles. The van der Waals surface area contributed by atoms with E-state index in [9.17, 15) is 0 Å². The Hall–Kier alpha value is -0.0400. The Kier molecular flexibility index (Phi) is 5.82. The van der Waals surface area contributed by atoms with Gasteiger partial charge in [0, 0.05) is 12.1 Å². The normalized spacial score (nSPS) is 34.7. The van der Waals surface area contributed by atoms with Gasteiger partial charge in [0.1, 0.15) is 0 Å². The zero-order valence-electron chi connectivity index (χ0n) is 11.9. The van der Waals surface area contributed by atoms with Crippen LogP contribution in [0.3, 0.4) is 0 Å². The van der Waals surface area contributed by atoms with E-state index in [0.29, 0.717) is 6.04 Å². The van der Waals surface area contributed by atoms with Crippen LogP contribution in [0.4, 0.5) is 0 Å². The van der Waals surface area contributed by atoms with Gasteiger partial charge in [-0.25, -0.2) is 0 Å². The molecule has 1 heteroatoms. The fraction of sp³-hybridized carbons (Fsp3) is 1.00. The van der Waals surface area contributed by atoms with Crippen molar-refractivity contribution in [2.24, 2.45) is 17.8 Å². The molecule has 1 aliphatic rings. The van der Waals surface area contributed by atoms with Crippen LogP contribution in [-0.4, -0.2) is 12.1 Å². The summed E-state index contributed by atoms with van der Waals surface area (Å²) in [5.74, 6) is 2.69. The minimum Gasteiger partial charge on any atom is -0.311 e. The first-order valence-corrected chi connectivity index (χ1v) is 7.27. The molecule has 1 N–H and O–H groups in total. The predicted octanol–water partition coefficient (Wildman–Crippen LogP) is 4.23. The third kappa shape index (κ3) is 4.86. The van der Waals surface area contributed by atoms with Crippen molar-refractivity contribution in [2.75, 3.05) is 0 Å². The van der Waals surface area contributed by atoms with Crippen LogP contribution in [0.15, 0.2) is 0 Å². The van der Waals surface area contributed by atoms with Crippen LogP contribution in [-0.2, 0) is 0 Å². The summed E-state index contributed by atoms with van der Waals surface area (Å²) in [5.41, 5.74) is 0. The summed E-state index contributed by atoms with van der Waals surface area (Å²) in [7, 11) is 0. The van der Waals surface area contributed by atoms with Gasteiger partial charge in [0.2, 0.25) is 0 Å². The van der Waals surface area contributed by atoms with Gasteiger partial charge in [-0.3, -0.25) is 0 Å². The molecular weight excluding hydrogens is 194 g/mol. The molecule has 0 aromatic heterocycles. The van der Waals surface area contributed by atoms with Crippen molar-refractivity contribution in [1.29, 1.82) is 0 Å². The average Bonchev–Trinajstić information content (AvgIpc) is 2.15. The Bertz CT molecular complexity index is 180. The van der Waals surface area contributed by atoms with E-state index in [2.05, 4.69) is 39.9 Å². The Morgan fingerprint density at radius 3 is 2.12 bits per heavy atom. The Balaban J connectivity index is 2.29. The summed E-state index contributed by atoms with van der Waals surface area (Å²) >= 11 is 0. The standard InChI is InChI=1S/C15H31N/c1-6-11(2)8-14(5)16-15-9-12(3)7-13(4)10-15/h11-16H,6-10H2,1-5H3. The third-order valence-electron chi connectivity index (χ3n) is 4.15. The molecule has 0 bridgehead atoms. The lowest BCUT2D eigenvalue weighted by Crippen LogP contribution is -2.41. The lowest BCUT2D eigenvalue weighted by Gasteiger charge is -2.34. The van der Waals surface area contributed by atoms with E-state index in [0.717, 1.165) is 23.8 Å². The molecule has 4 unspecified atom stereocenters. The van der Waals surface area contributed by atoms with E-state index in [1.54, 1.807) is 0 Å². The molecule has 1 aliphatic carbocycles. The van der Waals surface area contributed by atoms with Gasteiger partial charge in [-0.15, -0.1) is 0 Å². The Labute approximate surface area is 102 Å². The van der Waals surface area contributed by atoms with Crippen molar-refractivity contribution in [3.05, 3.63) is 0 Å². The van der Waals surface area contributed by atoms with Gasteiger partial charge < -0.3 is 5.32 Å². The van der Waals surface area contributed by atoms with E-state index in [1.807, 2.05) is 0 Å². The van der Waals surface area contributed by atoms with E-state index < -0.39 is 0 Å². The summed E-state index contributed by atoms with van der Waals surface area (Å²) in [5, 5.41) is 3.84. The van der Waals surface area contributed by atoms with Gasteiger partial charge in [0.25, 0.3) is 0 Å². The smallest absolute Gasteiger partial charge is 0.00746 e. The lowest BCUT2D eigenvalue weighted by molar-refractivity contribution is 0.220. The molecule has 0 radical (unpaired) electrons. The van der Waals surface area contributed by atoms with Crippen LogP contribution < -0.4 is 5.32 Å². The lowest BCUT2D eigenvalue weighted by atomic mass is 9.80. The van der Waals surface area contributed by atoms with Gasteiger partial charge in [-0.2, -0.15) is 0 Å². The van der Waals surface area contributed by atoms with E-state index in [1.165, 1.54) is 32.1 Å². The highest BCUT2D eigenvalue weighted by Crippen LogP contribution is 2.29. The second-order valence-corrected chi connectivity index (χ2v) is 6.43. The highest BCUT2D eigenvalue weighted by molar-refractivity contribution is 4.81. The molecule has 4 atom stereocenters. The van der Waals surface area contributed by atoms with E-state index in [4.69, 9.17) is 0 Å². The molecule has 0 spiro atoms. The van der Waals surface area contributed by atoms with Crippen molar-refractivity contribution in [2.45, 2.75) is 78.8 Å². The minimum absolute atomic E-state index is 0.692. The number of rotatable bonds is 5. The van der Waals surface area contributed by atoms with Crippen molar-refractivity contribution < 1.29 is 0 Å². The van der Waals surface area contributed by atoms with E-state index in [-0.39, 0.29) is 0 Å². The first kappa shape index (κ1) is 14.0. The molecule has 16 heavy (non-hydrogen) atoms. The van der Waals surface area contributed by atoms with Crippen molar-refractivity contribution >= 4 is 0 Å². The molecule has 0 heterocycles. The van der Waals surface area contributed by atoms with Crippen LogP contribution in [0, 0.1) is 17.8 Å². The maximum atomic E-state index is 3.84. The van der Waals surface area contributed by atoms with Crippen LogP contribution in [0.5, 0.6) is 0 Å². The van der Waals surface area contributed by atoms with Crippen LogP contribution in [0.2, 0.25) is 0 Å². The second kappa shape index (κ2) is 6.64. The van der Waals surface area contributed by atoms with E-state index >= 15 is 0 Å². The minimum atomic E-state index is 0.692. The highest BCUT2D eigenvalue weighted by Gasteiger charge is 2.24. The van der Waals surface area contributed by atoms with Crippen LogP contribution in [0.1, 0.15) is 66.7 Å². The quantitative estimate of drug-likeness (QED) is 0.738. The summed E-state index contributed by atoms with van der Waals surface area (Å²) < 4.78 is 0. The Morgan fingerprint density at radius 2 is 1.62 bits per heavy atom. The molecule has 1 nitrogen and oxygen atoms in total. The summed E-state index contributed by atoms with van der Waals surface area (Å²) in [4.78, 5) is 0. The zero-order valence-corrected chi connectivity index (χ0v) is 11.9. The summed E-state index contributed by atoms with van der Waals surface area (Å²) in [6.45, 7) is 11.8. The maximum Gasteiger partial charge on any atom is 0.00746 e. The number of nitrogens with one attached hydrogen (secondary N) is 1. The average molecular weight is 225 g/mol. The molecule has 0 aromatic carbocycles. The maximum absolute atomic E-state index is 3.84. The molecular formula is C15H31N. The zero-order chi connectivity index (χ0) is 12.1. The van der Waals surface area contributed by atoms with Crippen molar-refractivity contribution in [3.63, 3.8) is 0 Å². The molecule has 1 saturated carbocycles. The number of hydrogen-bond acceptors (Lipinski definition) is 1. The fourth-order valence-electron chi connectivity index (χ4n) is 3.32. The predicted molar refractivity (Wildman–Crippen MR) is 72.6 cm³/mol. The second-order valence-electron chi connectivity index (χ2n) is 6.43. The van der Waals surface area contributed by atoms with Crippen LogP contribution in [0.25, 0.3) is 0 Å². The van der Waals surface area contributed by atoms with Crippen molar-refractivity contribution in [3.8, 4) is 0 Å². The number of hydrogen-bond donors (Lipinski definition) is 1. The molecule has 1 fully saturated rings. The highest BCUT2D eigenvalue weighted by atomic mass is 14.9. The monoisotopic (exact) mass is 225 g/mol.